The number of pyridine rings is 1. The summed E-state index contributed by atoms with van der Waals surface area (Å²) in [6.07, 6.45) is -0.247. The molecule has 0 bridgehead atoms. The second kappa shape index (κ2) is 11.2. The summed E-state index contributed by atoms with van der Waals surface area (Å²) < 4.78 is 2.35. The molecule has 0 spiro atoms. The molecule has 2 aromatic heterocycles. The predicted molar refractivity (Wildman–Crippen MR) is 193 cm³/mol. The molecule has 0 amide bonds. The lowest BCUT2D eigenvalue weighted by Crippen LogP contribution is -2.33. The number of hydrogen-bond acceptors (Lipinski definition) is 4. The first-order chi connectivity index (χ1) is 23.3. The van der Waals surface area contributed by atoms with E-state index in [2.05, 4.69) is 137 Å². The van der Waals surface area contributed by atoms with Crippen molar-refractivity contribution in [2.45, 2.75) is 6.17 Å². The summed E-state index contributed by atoms with van der Waals surface area (Å²) in [7, 11) is 0. The molecular formula is C42H29N5. The zero-order valence-corrected chi connectivity index (χ0v) is 25.5. The fourth-order valence-corrected chi connectivity index (χ4v) is 6.65. The lowest BCUT2D eigenvalue weighted by atomic mass is 9.99. The quantitative estimate of drug-likeness (QED) is 0.213. The van der Waals surface area contributed by atoms with Crippen LogP contribution >= 0.6 is 0 Å². The third-order valence-corrected chi connectivity index (χ3v) is 8.84. The maximum atomic E-state index is 5.24. The number of fused-ring (bicyclic) bond motifs is 4. The Kier molecular flexibility index (Phi) is 6.46. The highest BCUT2D eigenvalue weighted by Gasteiger charge is 2.23. The van der Waals surface area contributed by atoms with Crippen LogP contribution in [0.2, 0.25) is 0 Å². The summed E-state index contributed by atoms with van der Waals surface area (Å²) in [6.45, 7) is 0. The molecule has 8 aromatic rings. The Morgan fingerprint density at radius 1 is 0.532 bits per heavy atom. The molecular weight excluding hydrogens is 574 g/mol. The number of hydrogen-bond donors (Lipinski definition) is 1. The number of aliphatic imine (C=N–C) groups is 2. The number of para-hydroxylation sites is 2. The van der Waals surface area contributed by atoms with Crippen LogP contribution in [0.15, 0.2) is 174 Å². The first-order valence-corrected chi connectivity index (χ1v) is 15.8. The Balaban J connectivity index is 1.23. The van der Waals surface area contributed by atoms with E-state index < -0.39 is 0 Å². The van der Waals surface area contributed by atoms with E-state index in [1.165, 1.54) is 5.56 Å². The summed E-state index contributed by atoms with van der Waals surface area (Å²) in [4.78, 5) is 15.3. The minimum Gasteiger partial charge on any atom is -0.344 e. The van der Waals surface area contributed by atoms with Gasteiger partial charge in [0.05, 0.1) is 22.1 Å². The van der Waals surface area contributed by atoms with Crippen LogP contribution in [-0.2, 0) is 0 Å². The smallest absolute Gasteiger partial charge is 0.159 e. The Bertz CT molecular complexity index is 2460. The molecule has 1 N–H and O–H groups in total. The van der Waals surface area contributed by atoms with Crippen molar-refractivity contribution in [2.75, 3.05) is 0 Å². The standard InChI is InChI=1S/C42H29N5/c1-4-14-28(15-5-1)37-33-20-10-12-22-35(33)43-38-34-21-11-13-23-36(34)47(39(37)38)32-26-24-31(25-27-32)42-45-40(29-16-6-2-7-17-29)44-41(46-42)30-18-8-3-9-19-30/h1-27,40H,(H,44,45,46). The molecule has 1 aliphatic heterocycles. The number of nitrogens with zero attached hydrogens (tertiary/aromatic N) is 4. The summed E-state index contributed by atoms with van der Waals surface area (Å²) in [5, 5.41) is 5.80. The molecule has 222 valence electrons. The molecule has 0 fully saturated rings. The second-order valence-electron chi connectivity index (χ2n) is 11.7. The minimum absolute atomic E-state index is 0.247. The van der Waals surface area contributed by atoms with Crippen LogP contribution in [0.4, 0.5) is 0 Å². The summed E-state index contributed by atoms with van der Waals surface area (Å²) in [6, 6.07) is 56.8. The van der Waals surface area contributed by atoms with Crippen LogP contribution < -0.4 is 5.32 Å². The van der Waals surface area contributed by atoms with Gasteiger partial charge in [0, 0.05) is 33.2 Å². The SMILES string of the molecule is c1ccc(C2=NC(c3ccc(-n4c5ccccc5c5nc6ccccc6c(-c6ccccc6)c54)cc3)=NC(c3ccccc3)N2)cc1. The molecule has 5 nitrogen and oxygen atoms in total. The molecule has 5 heteroatoms. The van der Waals surface area contributed by atoms with E-state index in [-0.39, 0.29) is 6.17 Å². The third-order valence-electron chi connectivity index (χ3n) is 8.84. The molecule has 47 heavy (non-hydrogen) atoms. The minimum atomic E-state index is -0.247. The zero-order chi connectivity index (χ0) is 31.2. The van der Waals surface area contributed by atoms with Crippen LogP contribution in [0.3, 0.4) is 0 Å². The molecule has 0 aliphatic carbocycles. The average molecular weight is 604 g/mol. The van der Waals surface area contributed by atoms with Gasteiger partial charge in [-0.05, 0) is 47.5 Å². The maximum absolute atomic E-state index is 5.24. The largest absolute Gasteiger partial charge is 0.344 e. The lowest BCUT2D eigenvalue weighted by Gasteiger charge is -2.23. The van der Waals surface area contributed by atoms with Gasteiger partial charge in [-0.25, -0.2) is 15.0 Å². The number of nitrogens with one attached hydrogen (secondary N) is 1. The van der Waals surface area contributed by atoms with Gasteiger partial charge in [0.1, 0.15) is 12.0 Å². The highest BCUT2D eigenvalue weighted by molar-refractivity contribution is 6.18. The van der Waals surface area contributed by atoms with Gasteiger partial charge in [-0.3, -0.25) is 0 Å². The van der Waals surface area contributed by atoms with Crippen molar-refractivity contribution in [3.63, 3.8) is 0 Å². The average Bonchev–Trinajstić information content (AvgIpc) is 3.48. The van der Waals surface area contributed by atoms with E-state index in [1.807, 2.05) is 36.4 Å². The molecule has 3 heterocycles. The van der Waals surface area contributed by atoms with Crippen LogP contribution in [0, 0.1) is 0 Å². The lowest BCUT2D eigenvalue weighted by molar-refractivity contribution is 0.674. The Hall–Kier alpha value is -6.33. The molecule has 0 radical (unpaired) electrons. The van der Waals surface area contributed by atoms with Gasteiger partial charge in [0.2, 0.25) is 0 Å². The van der Waals surface area contributed by atoms with Crippen molar-refractivity contribution < 1.29 is 0 Å². The molecule has 6 aromatic carbocycles. The third kappa shape index (κ3) is 4.68. The maximum Gasteiger partial charge on any atom is 0.159 e. The van der Waals surface area contributed by atoms with Crippen molar-refractivity contribution >= 4 is 44.5 Å². The van der Waals surface area contributed by atoms with Gasteiger partial charge in [-0.2, -0.15) is 0 Å². The van der Waals surface area contributed by atoms with E-state index in [0.717, 1.165) is 66.6 Å². The zero-order valence-electron chi connectivity index (χ0n) is 25.5. The molecule has 1 aliphatic rings. The van der Waals surface area contributed by atoms with Crippen molar-refractivity contribution in [3.8, 4) is 16.8 Å². The van der Waals surface area contributed by atoms with E-state index in [9.17, 15) is 0 Å². The predicted octanol–water partition coefficient (Wildman–Crippen LogP) is 9.49. The Morgan fingerprint density at radius 3 is 1.89 bits per heavy atom. The highest BCUT2D eigenvalue weighted by Crippen LogP contribution is 2.41. The van der Waals surface area contributed by atoms with E-state index in [4.69, 9.17) is 15.0 Å². The molecule has 1 atom stereocenters. The van der Waals surface area contributed by atoms with Crippen molar-refractivity contribution in [3.05, 3.63) is 180 Å². The Morgan fingerprint density at radius 2 is 1.15 bits per heavy atom. The number of rotatable bonds is 5. The summed E-state index contributed by atoms with van der Waals surface area (Å²) in [5.74, 6) is 1.50. The number of amidine groups is 2. The fraction of sp³-hybridized carbons (Fsp3) is 0.0238. The van der Waals surface area contributed by atoms with Gasteiger partial charge in [0.15, 0.2) is 5.84 Å². The first kappa shape index (κ1) is 27.0. The van der Waals surface area contributed by atoms with Gasteiger partial charge >= 0.3 is 0 Å². The Labute approximate surface area is 272 Å². The van der Waals surface area contributed by atoms with Gasteiger partial charge < -0.3 is 9.88 Å². The number of aromatic nitrogens is 2. The van der Waals surface area contributed by atoms with Crippen LogP contribution in [0.25, 0.3) is 49.7 Å². The van der Waals surface area contributed by atoms with Crippen LogP contribution in [0.5, 0.6) is 0 Å². The van der Waals surface area contributed by atoms with Gasteiger partial charge in [-0.15, -0.1) is 0 Å². The molecule has 1 unspecified atom stereocenters. The topological polar surface area (TPSA) is 54.6 Å². The normalized spacial score (nSPS) is 14.6. The second-order valence-corrected chi connectivity index (χ2v) is 11.7. The van der Waals surface area contributed by atoms with Crippen LogP contribution in [-0.4, -0.2) is 21.2 Å². The van der Waals surface area contributed by atoms with Crippen molar-refractivity contribution in [1.29, 1.82) is 0 Å². The monoisotopic (exact) mass is 603 g/mol. The fourth-order valence-electron chi connectivity index (χ4n) is 6.65. The van der Waals surface area contributed by atoms with Crippen molar-refractivity contribution in [2.24, 2.45) is 9.98 Å². The summed E-state index contributed by atoms with van der Waals surface area (Å²) in [5.41, 5.74) is 10.6. The van der Waals surface area contributed by atoms with E-state index >= 15 is 0 Å². The van der Waals surface area contributed by atoms with Gasteiger partial charge in [0.25, 0.3) is 0 Å². The van der Waals surface area contributed by atoms with E-state index in [0.29, 0.717) is 5.84 Å². The van der Waals surface area contributed by atoms with Gasteiger partial charge in [-0.1, -0.05) is 127 Å². The highest BCUT2D eigenvalue weighted by atomic mass is 15.2. The number of benzene rings is 6. The van der Waals surface area contributed by atoms with Crippen molar-refractivity contribution in [1.82, 2.24) is 14.9 Å². The molecule has 9 rings (SSSR count). The van der Waals surface area contributed by atoms with E-state index in [1.54, 1.807) is 0 Å². The summed E-state index contributed by atoms with van der Waals surface area (Å²) >= 11 is 0. The molecule has 0 saturated heterocycles. The van der Waals surface area contributed by atoms with Crippen LogP contribution in [0.1, 0.15) is 22.9 Å². The first-order valence-electron chi connectivity index (χ1n) is 15.8. The molecule has 0 saturated carbocycles.